The van der Waals surface area contributed by atoms with E-state index in [2.05, 4.69) is 45.9 Å². The number of likely N-dealkylation sites (tertiary alicyclic amines) is 1. The first-order valence-electron chi connectivity index (χ1n) is 11.8. The number of hydrogen-bond acceptors (Lipinski definition) is 4. The summed E-state index contributed by atoms with van der Waals surface area (Å²) in [5.74, 6) is 0.273. The predicted octanol–water partition coefficient (Wildman–Crippen LogP) is 4.12. The van der Waals surface area contributed by atoms with Crippen LogP contribution in [0.4, 0.5) is 4.79 Å². The van der Waals surface area contributed by atoms with Crippen molar-refractivity contribution in [1.82, 2.24) is 15.5 Å². The molecule has 2 amide bonds. The van der Waals surface area contributed by atoms with E-state index in [1.165, 1.54) is 5.56 Å². The van der Waals surface area contributed by atoms with Gasteiger partial charge in [0.2, 0.25) is 0 Å². The summed E-state index contributed by atoms with van der Waals surface area (Å²) in [5.41, 5.74) is 4.52. The molecule has 174 valence electrons. The number of piperidine rings is 1. The van der Waals surface area contributed by atoms with Crippen LogP contribution >= 0.6 is 0 Å². The molecule has 2 aromatic rings. The fraction of sp³-hybridized carbons (Fsp3) is 0.407. The SMILES string of the molecule is CCOC(=O)C1=C(CN2CCC(Cc3ccccc3)CC2)NC(=O)NC1c1ccc(C)cc1. The van der Waals surface area contributed by atoms with Gasteiger partial charge in [0.15, 0.2) is 0 Å². The average molecular weight is 448 g/mol. The molecule has 2 heterocycles. The third-order valence-corrected chi connectivity index (χ3v) is 6.52. The van der Waals surface area contributed by atoms with Crippen molar-refractivity contribution in [2.24, 2.45) is 5.92 Å². The summed E-state index contributed by atoms with van der Waals surface area (Å²) >= 11 is 0. The summed E-state index contributed by atoms with van der Waals surface area (Å²) in [4.78, 5) is 27.8. The molecule has 2 aliphatic heterocycles. The zero-order valence-electron chi connectivity index (χ0n) is 19.5. The van der Waals surface area contributed by atoms with Crippen LogP contribution in [0.2, 0.25) is 0 Å². The van der Waals surface area contributed by atoms with E-state index in [1.807, 2.05) is 31.2 Å². The lowest BCUT2D eigenvalue weighted by Gasteiger charge is -2.35. The first kappa shape index (κ1) is 23.1. The Bertz CT molecular complexity index is 993. The molecule has 1 atom stereocenters. The molecule has 2 aromatic carbocycles. The van der Waals surface area contributed by atoms with Crippen LogP contribution in [0.3, 0.4) is 0 Å². The second-order valence-electron chi connectivity index (χ2n) is 8.96. The number of carbonyl (C=O) groups excluding carboxylic acids is 2. The number of nitrogens with one attached hydrogen (secondary N) is 2. The van der Waals surface area contributed by atoms with Crippen molar-refractivity contribution < 1.29 is 14.3 Å². The minimum absolute atomic E-state index is 0.287. The second-order valence-corrected chi connectivity index (χ2v) is 8.96. The highest BCUT2D eigenvalue weighted by Crippen LogP contribution is 2.29. The number of urea groups is 1. The molecule has 0 bridgehead atoms. The Morgan fingerprint density at radius 3 is 2.42 bits per heavy atom. The summed E-state index contributed by atoms with van der Waals surface area (Å²) < 4.78 is 5.39. The summed E-state index contributed by atoms with van der Waals surface area (Å²) in [7, 11) is 0. The molecule has 6 nitrogen and oxygen atoms in total. The molecule has 33 heavy (non-hydrogen) atoms. The van der Waals surface area contributed by atoms with Crippen molar-refractivity contribution >= 4 is 12.0 Å². The van der Waals surface area contributed by atoms with E-state index in [-0.39, 0.29) is 18.6 Å². The van der Waals surface area contributed by atoms with E-state index in [9.17, 15) is 9.59 Å². The van der Waals surface area contributed by atoms with Crippen LogP contribution in [0.1, 0.15) is 42.5 Å². The van der Waals surface area contributed by atoms with E-state index in [1.54, 1.807) is 6.92 Å². The topological polar surface area (TPSA) is 70.7 Å². The molecule has 2 aliphatic rings. The smallest absolute Gasteiger partial charge is 0.338 e. The Hall–Kier alpha value is -3.12. The van der Waals surface area contributed by atoms with Crippen molar-refractivity contribution in [1.29, 1.82) is 0 Å². The van der Waals surface area contributed by atoms with E-state index in [0.717, 1.165) is 43.5 Å². The number of benzene rings is 2. The van der Waals surface area contributed by atoms with Gasteiger partial charge in [-0.1, -0.05) is 60.2 Å². The van der Waals surface area contributed by atoms with Crippen molar-refractivity contribution in [2.75, 3.05) is 26.2 Å². The van der Waals surface area contributed by atoms with Crippen LogP contribution in [0.15, 0.2) is 65.9 Å². The van der Waals surface area contributed by atoms with Gasteiger partial charge in [0.05, 0.1) is 18.2 Å². The minimum Gasteiger partial charge on any atom is -0.463 e. The van der Waals surface area contributed by atoms with Crippen LogP contribution < -0.4 is 10.6 Å². The van der Waals surface area contributed by atoms with Gasteiger partial charge in [-0.25, -0.2) is 9.59 Å². The average Bonchev–Trinajstić information content (AvgIpc) is 2.81. The molecule has 0 radical (unpaired) electrons. The van der Waals surface area contributed by atoms with Crippen LogP contribution in [-0.2, 0) is 16.0 Å². The third kappa shape index (κ3) is 5.82. The maximum absolute atomic E-state index is 13.0. The highest BCUT2D eigenvalue weighted by molar-refractivity contribution is 5.95. The highest BCUT2D eigenvalue weighted by Gasteiger charge is 2.34. The van der Waals surface area contributed by atoms with Crippen molar-refractivity contribution in [2.45, 2.75) is 39.2 Å². The lowest BCUT2D eigenvalue weighted by molar-refractivity contribution is -0.139. The van der Waals surface area contributed by atoms with Crippen molar-refractivity contribution in [3.8, 4) is 0 Å². The lowest BCUT2D eigenvalue weighted by atomic mass is 9.89. The lowest BCUT2D eigenvalue weighted by Crippen LogP contribution is -2.49. The van der Waals surface area contributed by atoms with Crippen molar-refractivity contribution in [3.63, 3.8) is 0 Å². The van der Waals surface area contributed by atoms with Gasteiger partial charge >= 0.3 is 12.0 Å². The van der Waals surface area contributed by atoms with E-state index < -0.39 is 6.04 Å². The maximum Gasteiger partial charge on any atom is 0.338 e. The molecule has 4 rings (SSSR count). The van der Waals surface area contributed by atoms with Gasteiger partial charge < -0.3 is 15.4 Å². The number of ether oxygens (including phenoxy) is 1. The summed E-state index contributed by atoms with van der Waals surface area (Å²) in [5, 5.41) is 5.82. The number of hydrogen-bond donors (Lipinski definition) is 2. The third-order valence-electron chi connectivity index (χ3n) is 6.52. The normalized spacial score (nSPS) is 19.7. The summed E-state index contributed by atoms with van der Waals surface area (Å²) in [6, 6.07) is 17.7. The maximum atomic E-state index is 13.0. The van der Waals surface area contributed by atoms with Crippen molar-refractivity contribution in [3.05, 3.63) is 82.6 Å². The van der Waals surface area contributed by atoms with Gasteiger partial charge in [-0.3, -0.25) is 4.90 Å². The van der Waals surface area contributed by atoms with Gasteiger partial charge in [0.1, 0.15) is 0 Å². The van der Waals surface area contributed by atoms with Gasteiger partial charge in [0, 0.05) is 12.2 Å². The number of amides is 2. The van der Waals surface area contributed by atoms with E-state index >= 15 is 0 Å². The molecule has 2 N–H and O–H groups in total. The standard InChI is InChI=1S/C27H33N3O3/c1-3-33-26(31)24-23(28-27(32)29-25(24)22-11-9-19(2)10-12-22)18-30-15-13-21(14-16-30)17-20-7-5-4-6-8-20/h4-12,21,25H,3,13-18H2,1-2H3,(H2,28,29,32). The van der Waals surface area contributed by atoms with Gasteiger partial charge in [-0.05, 0) is 63.2 Å². The highest BCUT2D eigenvalue weighted by atomic mass is 16.5. The van der Waals surface area contributed by atoms with Gasteiger partial charge in [-0.15, -0.1) is 0 Å². The minimum atomic E-state index is -0.524. The number of aryl methyl sites for hydroxylation is 1. The van der Waals surface area contributed by atoms with E-state index in [4.69, 9.17) is 4.74 Å². The zero-order valence-corrected chi connectivity index (χ0v) is 19.5. The largest absolute Gasteiger partial charge is 0.463 e. The molecule has 1 fully saturated rings. The van der Waals surface area contributed by atoms with Crippen LogP contribution in [0, 0.1) is 12.8 Å². The van der Waals surface area contributed by atoms with Gasteiger partial charge in [0.25, 0.3) is 0 Å². The van der Waals surface area contributed by atoms with Crippen LogP contribution in [0.5, 0.6) is 0 Å². The molecular formula is C27H33N3O3. The second kappa shape index (κ2) is 10.7. The van der Waals surface area contributed by atoms with Gasteiger partial charge in [-0.2, -0.15) is 0 Å². The predicted molar refractivity (Wildman–Crippen MR) is 129 cm³/mol. The molecule has 0 spiro atoms. The fourth-order valence-electron chi connectivity index (χ4n) is 4.72. The quantitative estimate of drug-likeness (QED) is 0.627. The van der Waals surface area contributed by atoms with Crippen LogP contribution in [0.25, 0.3) is 0 Å². The first-order valence-corrected chi connectivity index (χ1v) is 11.8. The Kier molecular flexibility index (Phi) is 7.45. The summed E-state index contributed by atoms with van der Waals surface area (Å²) in [6.45, 7) is 6.51. The Morgan fingerprint density at radius 2 is 1.76 bits per heavy atom. The molecule has 0 aromatic heterocycles. The zero-order chi connectivity index (χ0) is 23.2. The monoisotopic (exact) mass is 447 g/mol. The fourth-order valence-corrected chi connectivity index (χ4v) is 4.72. The number of rotatable bonds is 7. The number of carbonyl (C=O) groups is 2. The van der Waals surface area contributed by atoms with E-state index in [0.29, 0.717) is 23.7 Å². The molecule has 1 saturated heterocycles. The molecule has 1 unspecified atom stereocenters. The first-order chi connectivity index (χ1) is 16.0. The number of esters is 1. The molecule has 0 saturated carbocycles. The Morgan fingerprint density at radius 1 is 1.06 bits per heavy atom. The summed E-state index contributed by atoms with van der Waals surface area (Å²) in [6.07, 6.45) is 3.30. The Balaban J connectivity index is 1.50. The number of nitrogens with zero attached hydrogens (tertiary/aromatic N) is 1. The molecule has 0 aliphatic carbocycles. The Labute approximate surface area is 196 Å². The van der Waals surface area contributed by atoms with Crippen LogP contribution in [-0.4, -0.2) is 43.1 Å². The molecule has 6 heteroatoms. The molecular weight excluding hydrogens is 414 g/mol.